The highest BCUT2D eigenvalue weighted by molar-refractivity contribution is 5.76. The molecule has 1 aromatic heterocycles. The van der Waals surface area contributed by atoms with E-state index in [1.165, 1.54) is 5.69 Å². The molecule has 0 saturated carbocycles. The van der Waals surface area contributed by atoms with Crippen molar-refractivity contribution in [1.82, 2.24) is 19.6 Å². The maximum atomic E-state index is 12.7. The van der Waals surface area contributed by atoms with Gasteiger partial charge in [0.1, 0.15) is 0 Å². The molecule has 2 aliphatic heterocycles. The van der Waals surface area contributed by atoms with E-state index >= 15 is 0 Å². The SMILES string of the molecule is C#CCCC1(CCC(=O)N(C)C[C@@H]2CCCN(C)[C@H]2c2ccnn2C)N=N1. The van der Waals surface area contributed by atoms with Crippen LogP contribution >= 0.6 is 0 Å². The van der Waals surface area contributed by atoms with Gasteiger partial charge in [0.15, 0.2) is 5.66 Å². The molecule has 2 aliphatic rings. The van der Waals surface area contributed by atoms with Crippen LogP contribution in [0, 0.1) is 18.3 Å². The maximum Gasteiger partial charge on any atom is 0.222 e. The first-order valence-corrected chi connectivity index (χ1v) is 9.75. The van der Waals surface area contributed by atoms with E-state index in [-0.39, 0.29) is 17.6 Å². The van der Waals surface area contributed by atoms with Crippen molar-refractivity contribution in [3.63, 3.8) is 0 Å². The lowest BCUT2D eigenvalue weighted by Gasteiger charge is -2.40. The minimum atomic E-state index is -0.384. The van der Waals surface area contributed by atoms with Gasteiger partial charge in [0.2, 0.25) is 5.91 Å². The molecule has 146 valence electrons. The van der Waals surface area contributed by atoms with Gasteiger partial charge in [-0.2, -0.15) is 15.3 Å². The smallest absolute Gasteiger partial charge is 0.222 e. The molecule has 1 aromatic rings. The minimum absolute atomic E-state index is 0.157. The summed E-state index contributed by atoms with van der Waals surface area (Å²) in [5.41, 5.74) is 0.831. The molecule has 1 amide bonds. The van der Waals surface area contributed by atoms with E-state index < -0.39 is 0 Å². The predicted octanol–water partition coefficient (Wildman–Crippen LogP) is 2.62. The van der Waals surface area contributed by atoms with Crippen molar-refractivity contribution >= 4 is 5.91 Å². The van der Waals surface area contributed by atoms with Crippen LogP contribution in [0.5, 0.6) is 0 Å². The Hall–Kier alpha value is -2.20. The zero-order chi connectivity index (χ0) is 19.4. The fourth-order valence-corrected chi connectivity index (χ4v) is 4.21. The monoisotopic (exact) mass is 370 g/mol. The lowest BCUT2D eigenvalue weighted by molar-refractivity contribution is -0.131. The lowest BCUT2D eigenvalue weighted by atomic mass is 9.86. The summed E-state index contributed by atoms with van der Waals surface area (Å²) in [6.07, 6.45) is 12.0. The van der Waals surface area contributed by atoms with Crippen LogP contribution in [0.2, 0.25) is 0 Å². The molecule has 2 atom stereocenters. The summed E-state index contributed by atoms with van der Waals surface area (Å²) in [6, 6.07) is 2.38. The van der Waals surface area contributed by atoms with Gasteiger partial charge >= 0.3 is 0 Å². The van der Waals surface area contributed by atoms with Crippen molar-refractivity contribution in [2.45, 2.75) is 50.2 Å². The van der Waals surface area contributed by atoms with Crippen LogP contribution in [0.1, 0.15) is 50.3 Å². The number of terminal acetylenes is 1. The summed E-state index contributed by atoms with van der Waals surface area (Å²) < 4.78 is 1.95. The van der Waals surface area contributed by atoms with Crippen molar-refractivity contribution in [2.24, 2.45) is 23.2 Å². The second-order valence-electron chi connectivity index (χ2n) is 7.87. The summed E-state index contributed by atoms with van der Waals surface area (Å²) in [5.74, 6) is 3.19. The number of rotatable bonds is 8. The Morgan fingerprint density at radius 2 is 2.19 bits per heavy atom. The number of aryl methyl sites for hydroxylation is 1. The number of nitrogens with zero attached hydrogens (tertiary/aromatic N) is 6. The minimum Gasteiger partial charge on any atom is -0.345 e. The summed E-state index contributed by atoms with van der Waals surface area (Å²) >= 11 is 0. The molecule has 7 nitrogen and oxygen atoms in total. The number of piperidine rings is 1. The Labute approximate surface area is 161 Å². The average molecular weight is 371 g/mol. The summed E-state index contributed by atoms with van der Waals surface area (Å²) in [6.45, 7) is 1.83. The molecule has 0 radical (unpaired) electrons. The topological polar surface area (TPSA) is 66.1 Å². The van der Waals surface area contributed by atoms with Crippen LogP contribution in [0.25, 0.3) is 0 Å². The molecule has 1 fully saturated rings. The van der Waals surface area contributed by atoms with Gasteiger partial charge in [0.05, 0.1) is 11.7 Å². The number of likely N-dealkylation sites (tertiary alicyclic amines) is 1. The molecular weight excluding hydrogens is 340 g/mol. The Kier molecular flexibility index (Phi) is 5.95. The second kappa shape index (κ2) is 8.22. The molecule has 3 heterocycles. The molecule has 1 saturated heterocycles. The Balaban J connectivity index is 1.57. The first kappa shape index (κ1) is 19.6. The van der Waals surface area contributed by atoms with Crippen molar-refractivity contribution < 1.29 is 4.79 Å². The van der Waals surface area contributed by atoms with Crippen LogP contribution in [0.4, 0.5) is 0 Å². The molecular formula is C20H30N6O. The normalized spacial score (nSPS) is 23.8. The summed E-state index contributed by atoms with van der Waals surface area (Å²) in [4.78, 5) is 16.9. The van der Waals surface area contributed by atoms with Gasteiger partial charge in [-0.05, 0) is 38.4 Å². The molecule has 0 unspecified atom stereocenters. The standard InChI is InChI=1S/C20H30N6O/c1-5-6-11-20(22-23-20)12-9-18(27)25(3)15-16-8-7-14-24(2)19(16)17-10-13-21-26(17)4/h1,10,13,16,19H,6-9,11-12,14-15H2,2-4H3/t16-,19+/m0/s1. The fraction of sp³-hybridized carbons (Fsp3) is 0.700. The van der Waals surface area contributed by atoms with Crippen molar-refractivity contribution in [2.75, 3.05) is 27.2 Å². The predicted molar refractivity (Wildman–Crippen MR) is 104 cm³/mol. The van der Waals surface area contributed by atoms with Gasteiger partial charge < -0.3 is 4.90 Å². The van der Waals surface area contributed by atoms with Crippen molar-refractivity contribution in [3.05, 3.63) is 18.0 Å². The number of carbonyl (C=O) groups excluding carboxylic acids is 1. The van der Waals surface area contributed by atoms with E-state index in [2.05, 4.69) is 39.3 Å². The molecule has 0 spiro atoms. The molecule has 27 heavy (non-hydrogen) atoms. The highest BCUT2D eigenvalue weighted by Crippen LogP contribution is 2.38. The number of carbonyl (C=O) groups is 1. The van der Waals surface area contributed by atoms with Crippen LogP contribution in [0.3, 0.4) is 0 Å². The summed E-state index contributed by atoms with van der Waals surface area (Å²) in [5, 5.41) is 12.6. The van der Waals surface area contributed by atoms with Gasteiger partial charge in [0, 0.05) is 52.5 Å². The third-order valence-corrected chi connectivity index (χ3v) is 5.89. The van der Waals surface area contributed by atoms with Crippen LogP contribution in [0.15, 0.2) is 22.5 Å². The Morgan fingerprint density at radius 1 is 1.41 bits per heavy atom. The highest BCUT2D eigenvalue weighted by atomic mass is 16.2. The van der Waals surface area contributed by atoms with E-state index in [1.807, 2.05) is 29.9 Å². The Morgan fingerprint density at radius 3 is 2.81 bits per heavy atom. The zero-order valence-corrected chi connectivity index (χ0v) is 16.6. The van der Waals surface area contributed by atoms with E-state index in [0.29, 0.717) is 25.2 Å². The van der Waals surface area contributed by atoms with E-state index in [0.717, 1.165) is 32.4 Å². The van der Waals surface area contributed by atoms with Crippen LogP contribution < -0.4 is 0 Å². The summed E-state index contributed by atoms with van der Waals surface area (Å²) in [7, 11) is 6.06. The maximum absolute atomic E-state index is 12.7. The fourth-order valence-electron chi connectivity index (χ4n) is 4.21. The van der Waals surface area contributed by atoms with Gasteiger partial charge in [0.25, 0.3) is 0 Å². The molecule has 7 heteroatoms. The number of aromatic nitrogens is 2. The largest absolute Gasteiger partial charge is 0.345 e. The average Bonchev–Trinajstić information content (AvgIpc) is 3.31. The lowest BCUT2D eigenvalue weighted by Crippen LogP contribution is -2.43. The van der Waals surface area contributed by atoms with Gasteiger partial charge in [-0.3, -0.25) is 14.4 Å². The number of hydrogen-bond donors (Lipinski definition) is 0. The van der Waals surface area contributed by atoms with Gasteiger partial charge in [-0.15, -0.1) is 12.3 Å². The van der Waals surface area contributed by atoms with E-state index in [1.54, 1.807) is 0 Å². The van der Waals surface area contributed by atoms with Crippen molar-refractivity contribution in [1.29, 1.82) is 0 Å². The third kappa shape index (κ3) is 4.56. The quantitative estimate of drug-likeness (QED) is 0.661. The van der Waals surface area contributed by atoms with E-state index in [4.69, 9.17) is 6.42 Å². The van der Waals surface area contributed by atoms with Crippen molar-refractivity contribution in [3.8, 4) is 12.3 Å². The Bertz CT molecular complexity index is 727. The van der Waals surface area contributed by atoms with Crippen LogP contribution in [-0.2, 0) is 11.8 Å². The molecule has 0 bridgehead atoms. The molecule has 0 aliphatic carbocycles. The van der Waals surface area contributed by atoms with Gasteiger partial charge in [-0.1, -0.05) is 0 Å². The highest BCUT2D eigenvalue weighted by Gasteiger charge is 2.40. The first-order chi connectivity index (χ1) is 13.0. The molecule has 3 rings (SSSR count). The van der Waals surface area contributed by atoms with Gasteiger partial charge in [-0.25, -0.2) is 0 Å². The molecule has 0 N–H and O–H groups in total. The number of hydrogen-bond acceptors (Lipinski definition) is 5. The second-order valence-corrected chi connectivity index (χ2v) is 7.87. The van der Waals surface area contributed by atoms with Crippen LogP contribution in [-0.4, -0.2) is 58.3 Å². The van der Waals surface area contributed by atoms with E-state index in [9.17, 15) is 4.79 Å². The first-order valence-electron chi connectivity index (χ1n) is 9.75. The zero-order valence-electron chi connectivity index (χ0n) is 16.6. The third-order valence-electron chi connectivity index (χ3n) is 5.89. The number of amides is 1. The molecule has 0 aromatic carbocycles.